The highest BCUT2D eigenvalue weighted by Crippen LogP contribution is 2.37. The van der Waals surface area contributed by atoms with E-state index in [0.717, 1.165) is 24.3 Å². The maximum absolute atomic E-state index is 12.1. The highest BCUT2D eigenvalue weighted by Gasteiger charge is 2.35. The van der Waals surface area contributed by atoms with Gasteiger partial charge in [-0.25, -0.2) is 5.21 Å². The molecule has 0 saturated carbocycles. The van der Waals surface area contributed by atoms with Gasteiger partial charge in [0.1, 0.15) is 0 Å². The van der Waals surface area contributed by atoms with E-state index in [9.17, 15) is 14.8 Å². The Balaban J connectivity index is 1.69. The smallest absolute Gasteiger partial charge is 0.250 e. The standard InChI is InChI=1S/C18H19N3O4/c22-11-14-7-15(21(24)25)4-5-16(14)19-8-12-6-13(10-19)17-2-1-3-18(23)20(17)9-12/h1-5,7,11-13,21,24H,6,8-10H2/t12-,13-/m1/s1. The monoisotopic (exact) mass is 341 g/mol. The Labute approximate surface area is 144 Å². The van der Waals surface area contributed by atoms with E-state index < -0.39 is 5.23 Å². The number of carbonyl (C=O) groups excluding carboxylic acids is 1. The van der Waals surface area contributed by atoms with Gasteiger partial charge in [-0.15, -0.1) is 0 Å². The van der Waals surface area contributed by atoms with Gasteiger partial charge in [-0.05, 0) is 24.5 Å². The maximum Gasteiger partial charge on any atom is 0.250 e. The molecule has 2 bridgehead atoms. The number of pyridine rings is 1. The van der Waals surface area contributed by atoms with Crippen LogP contribution in [0.5, 0.6) is 0 Å². The number of aromatic nitrogens is 1. The molecule has 0 radical (unpaired) electrons. The van der Waals surface area contributed by atoms with Crippen molar-refractivity contribution in [1.29, 1.82) is 0 Å². The van der Waals surface area contributed by atoms with Gasteiger partial charge in [-0.1, -0.05) is 6.07 Å². The van der Waals surface area contributed by atoms with Crippen molar-refractivity contribution in [3.63, 3.8) is 0 Å². The first-order chi connectivity index (χ1) is 12.1. The number of piperidine rings is 1. The summed E-state index contributed by atoms with van der Waals surface area (Å²) in [6.45, 7) is 2.16. The van der Waals surface area contributed by atoms with Crippen LogP contribution in [0.25, 0.3) is 0 Å². The molecule has 130 valence electrons. The third kappa shape index (κ3) is 2.76. The highest BCUT2D eigenvalue weighted by molar-refractivity contribution is 5.86. The molecule has 0 aliphatic carbocycles. The van der Waals surface area contributed by atoms with Gasteiger partial charge in [0.25, 0.3) is 5.56 Å². The van der Waals surface area contributed by atoms with Crippen LogP contribution in [0.3, 0.4) is 0 Å². The van der Waals surface area contributed by atoms with Crippen molar-refractivity contribution in [3.8, 4) is 0 Å². The van der Waals surface area contributed by atoms with Gasteiger partial charge < -0.3 is 14.7 Å². The Bertz CT molecular complexity index is 877. The van der Waals surface area contributed by atoms with Crippen molar-refractivity contribution in [2.45, 2.75) is 18.9 Å². The highest BCUT2D eigenvalue weighted by atomic mass is 16.8. The lowest BCUT2D eigenvalue weighted by Crippen LogP contribution is -2.99. The molecule has 2 aliphatic rings. The lowest BCUT2D eigenvalue weighted by molar-refractivity contribution is -0.991. The molecule has 3 heterocycles. The SMILES string of the molecule is O=Cc1cc([NH+]([O-])O)ccc1N1C[C@H]2C[C@H](C1)c1cccc(=O)n1C2. The number of anilines is 1. The van der Waals surface area contributed by atoms with Crippen LogP contribution in [0.2, 0.25) is 0 Å². The van der Waals surface area contributed by atoms with Crippen LogP contribution < -0.4 is 15.7 Å². The number of hydrogen-bond donors (Lipinski definition) is 2. The minimum absolute atomic E-state index is 0.0417. The molecular weight excluding hydrogens is 322 g/mol. The largest absolute Gasteiger partial charge is 0.595 e. The summed E-state index contributed by atoms with van der Waals surface area (Å²) in [5.74, 6) is 0.574. The third-order valence-electron chi connectivity index (χ3n) is 5.22. The van der Waals surface area contributed by atoms with Crippen LogP contribution >= 0.6 is 0 Å². The summed E-state index contributed by atoms with van der Waals surface area (Å²) >= 11 is 0. The zero-order chi connectivity index (χ0) is 17.6. The van der Waals surface area contributed by atoms with Gasteiger partial charge in [0.2, 0.25) is 0 Å². The van der Waals surface area contributed by atoms with Gasteiger partial charge in [0.15, 0.2) is 12.0 Å². The molecule has 2 N–H and O–H groups in total. The van der Waals surface area contributed by atoms with E-state index in [2.05, 4.69) is 4.90 Å². The molecule has 2 aliphatic heterocycles. The zero-order valence-corrected chi connectivity index (χ0v) is 13.6. The number of aldehydes is 1. The molecule has 3 atom stereocenters. The molecule has 1 fully saturated rings. The molecule has 25 heavy (non-hydrogen) atoms. The first kappa shape index (κ1) is 16.0. The molecule has 1 aromatic carbocycles. The van der Waals surface area contributed by atoms with E-state index >= 15 is 0 Å². The van der Waals surface area contributed by atoms with Crippen LogP contribution in [-0.2, 0) is 6.54 Å². The second-order valence-electron chi connectivity index (χ2n) is 6.80. The van der Waals surface area contributed by atoms with Gasteiger partial charge in [-0.2, -0.15) is 5.23 Å². The Kier molecular flexibility index (Phi) is 3.91. The van der Waals surface area contributed by atoms with Crippen molar-refractivity contribution in [2.75, 3.05) is 18.0 Å². The molecule has 1 unspecified atom stereocenters. The number of hydrogen-bond acceptors (Lipinski definition) is 5. The van der Waals surface area contributed by atoms with Crippen molar-refractivity contribution >= 4 is 17.7 Å². The lowest BCUT2D eigenvalue weighted by atomic mass is 9.82. The molecule has 7 nitrogen and oxygen atoms in total. The van der Waals surface area contributed by atoms with Gasteiger partial charge in [-0.3, -0.25) is 9.59 Å². The summed E-state index contributed by atoms with van der Waals surface area (Å²) in [5, 5.41) is 19.2. The number of quaternary nitrogens is 1. The van der Waals surface area contributed by atoms with Crippen molar-refractivity contribution in [2.24, 2.45) is 5.92 Å². The molecule has 0 spiro atoms. The minimum atomic E-state index is -1.04. The predicted octanol–water partition coefficient (Wildman–Crippen LogP) is 0.688. The molecule has 7 heteroatoms. The average molecular weight is 341 g/mol. The first-order valence-corrected chi connectivity index (χ1v) is 8.34. The van der Waals surface area contributed by atoms with Crippen molar-refractivity contribution in [3.05, 3.63) is 63.2 Å². The van der Waals surface area contributed by atoms with Crippen LogP contribution in [0.15, 0.2) is 41.2 Å². The topological polar surface area (TPSA) is 90.0 Å². The van der Waals surface area contributed by atoms with Crippen LogP contribution in [0.1, 0.15) is 28.4 Å². The lowest BCUT2D eigenvalue weighted by Gasteiger charge is -2.44. The number of benzene rings is 1. The van der Waals surface area contributed by atoms with E-state index in [-0.39, 0.29) is 17.2 Å². The average Bonchev–Trinajstić information content (AvgIpc) is 2.62. The first-order valence-electron chi connectivity index (χ1n) is 8.34. The van der Waals surface area contributed by atoms with Gasteiger partial charge in [0.05, 0.1) is 0 Å². The van der Waals surface area contributed by atoms with Gasteiger partial charge >= 0.3 is 0 Å². The van der Waals surface area contributed by atoms with E-state index in [4.69, 9.17) is 5.21 Å². The van der Waals surface area contributed by atoms with E-state index in [1.807, 2.05) is 10.6 Å². The molecule has 2 aromatic rings. The predicted molar refractivity (Wildman–Crippen MR) is 91.4 cm³/mol. The number of nitrogens with one attached hydrogen (secondary N) is 1. The Morgan fingerprint density at radius 1 is 1.20 bits per heavy atom. The Morgan fingerprint density at radius 3 is 2.80 bits per heavy atom. The number of carbonyl (C=O) groups is 1. The Morgan fingerprint density at radius 2 is 2.04 bits per heavy atom. The quantitative estimate of drug-likeness (QED) is 0.633. The maximum atomic E-state index is 12.1. The molecule has 0 amide bonds. The minimum Gasteiger partial charge on any atom is -0.595 e. The second-order valence-corrected chi connectivity index (χ2v) is 6.80. The van der Waals surface area contributed by atoms with Gasteiger partial charge in [0, 0.05) is 60.7 Å². The number of fused-ring (bicyclic) bond motifs is 4. The third-order valence-corrected chi connectivity index (χ3v) is 5.22. The summed E-state index contributed by atoms with van der Waals surface area (Å²) in [6, 6.07) is 10.1. The molecule has 4 rings (SSSR count). The van der Waals surface area contributed by atoms with Crippen molar-refractivity contribution in [1.82, 2.24) is 4.57 Å². The van der Waals surface area contributed by atoms with Crippen LogP contribution in [0, 0.1) is 11.1 Å². The summed E-state index contributed by atoms with van der Waals surface area (Å²) < 4.78 is 1.87. The number of nitrogens with zero attached hydrogens (tertiary/aromatic N) is 2. The summed E-state index contributed by atoms with van der Waals surface area (Å²) in [4.78, 5) is 25.7. The second kappa shape index (κ2) is 6.11. The fourth-order valence-electron chi connectivity index (χ4n) is 4.16. The normalized spacial score (nSPS) is 23.0. The molecule has 1 aromatic heterocycles. The van der Waals surface area contributed by atoms with Crippen molar-refractivity contribution < 1.29 is 15.2 Å². The molecular formula is C18H19N3O4. The van der Waals surface area contributed by atoms with E-state index in [0.29, 0.717) is 30.9 Å². The number of rotatable bonds is 3. The van der Waals surface area contributed by atoms with E-state index in [1.54, 1.807) is 18.2 Å². The van der Waals surface area contributed by atoms with Crippen LogP contribution in [-0.4, -0.2) is 29.2 Å². The molecule has 1 saturated heterocycles. The van der Waals surface area contributed by atoms with Crippen LogP contribution in [0.4, 0.5) is 11.4 Å². The van der Waals surface area contributed by atoms with E-state index in [1.165, 1.54) is 12.1 Å². The summed E-state index contributed by atoms with van der Waals surface area (Å²) in [7, 11) is 0. The summed E-state index contributed by atoms with van der Waals surface area (Å²) in [5.41, 5.74) is 2.36. The fraction of sp³-hybridized carbons (Fsp3) is 0.333. The fourth-order valence-corrected chi connectivity index (χ4v) is 4.16. The zero-order valence-electron chi connectivity index (χ0n) is 13.6. The summed E-state index contributed by atoms with van der Waals surface area (Å²) in [6.07, 6.45) is 1.74. The Hall–Kier alpha value is -2.48.